The zero-order valence-corrected chi connectivity index (χ0v) is 11.2. The number of nitrogens with one attached hydrogen (secondary N) is 1. The highest BCUT2D eigenvalue weighted by molar-refractivity contribution is 7.09. The van der Waals surface area contributed by atoms with E-state index in [2.05, 4.69) is 11.4 Å². The van der Waals surface area contributed by atoms with Crippen molar-refractivity contribution in [3.05, 3.63) is 22.4 Å². The molecule has 4 N–H and O–H groups in total. The molecule has 5 heteroatoms. The van der Waals surface area contributed by atoms with Crippen molar-refractivity contribution in [3.63, 3.8) is 0 Å². The van der Waals surface area contributed by atoms with E-state index in [0.29, 0.717) is 13.0 Å². The molecule has 0 radical (unpaired) electrons. The van der Waals surface area contributed by atoms with Gasteiger partial charge in [0.05, 0.1) is 6.10 Å². The van der Waals surface area contributed by atoms with Crippen LogP contribution in [0.1, 0.15) is 24.1 Å². The minimum Gasteiger partial charge on any atom is -0.391 e. The number of amides is 1. The molecule has 18 heavy (non-hydrogen) atoms. The van der Waals surface area contributed by atoms with Crippen LogP contribution in [0.25, 0.3) is 0 Å². The van der Waals surface area contributed by atoms with Crippen LogP contribution in [0, 0.1) is 5.92 Å². The van der Waals surface area contributed by atoms with Crippen molar-refractivity contribution >= 4 is 17.2 Å². The number of carbonyl (C=O) groups excluding carboxylic acids is 1. The quantitative estimate of drug-likeness (QED) is 0.759. The predicted octanol–water partition coefficient (Wildman–Crippen LogP) is 0.895. The first-order chi connectivity index (χ1) is 8.66. The van der Waals surface area contributed by atoms with Gasteiger partial charge < -0.3 is 16.2 Å². The van der Waals surface area contributed by atoms with Gasteiger partial charge >= 0.3 is 0 Å². The Bertz CT molecular complexity index is 380. The lowest BCUT2D eigenvalue weighted by molar-refractivity contribution is -0.127. The molecule has 4 nitrogen and oxygen atoms in total. The van der Waals surface area contributed by atoms with Crippen LogP contribution in [0.15, 0.2) is 17.5 Å². The maximum Gasteiger partial charge on any atom is 0.223 e. The Morgan fingerprint density at radius 3 is 3.06 bits per heavy atom. The van der Waals surface area contributed by atoms with E-state index in [1.54, 1.807) is 11.3 Å². The van der Waals surface area contributed by atoms with Crippen LogP contribution in [0.3, 0.4) is 0 Å². The maximum absolute atomic E-state index is 11.9. The van der Waals surface area contributed by atoms with E-state index >= 15 is 0 Å². The van der Waals surface area contributed by atoms with Crippen LogP contribution in [0.2, 0.25) is 0 Å². The fourth-order valence-corrected chi connectivity index (χ4v) is 3.03. The molecule has 0 saturated heterocycles. The van der Waals surface area contributed by atoms with Crippen molar-refractivity contribution in [1.29, 1.82) is 0 Å². The first-order valence-electron chi connectivity index (χ1n) is 6.40. The zero-order valence-electron chi connectivity index (χ0n) is 10.3. The highest BCUT2D eigenvalue weighted by Gasteiger charge is 2.30. The van der Waals surface area contributed by atoms with Crippen LogP contribution >= 0.6 is 11.3 Å². The van der Waals surface area contributed by atoms with Gasteiger partial charge in [-0.15, -0.1) is 11.3 Å². The Kier molecular flexibility index (Phi) is 4.74. The number of hydrogen-bond acceptors (Lipinski definition) is 4. The number of aliphatic hydroxyl groups is 1. The van der Waals surface area contributed by atoms with Gasteiger partial charge in [0.1, 0.15) is 0 Å². The lowest BCUT2D eigenvalue weighted by Crippen LogP contribution is -2.44. The molecule has 1 aromatic heterocycles. The number of aliphatic hydroxyl groups excluding tert-OH is 1. The Balaban J connectivity index is 1.71. The lowest BCUT2D eigenvalue weighted by atomic mass is 9.84. The third-order valence-corrected chi connectivity index (χ3v) is 4.43. The summed E-state index contributed by atoms with van der Waals surface area (Å²) >= 11 is 1.70. The topological polar surface area (TPSA) is 75.4 Å². The zero-order chi connectivity index (χ0) is 13.0. The molecule has 0 unspecified atom stereocenters. The summed E-state index contributed by atoms with van der Waals surface area (Å²) in [5.74, 6) is -0.0272. The summed E-state index contributed by atoms with van der Waals surface area (Å²) in [7, 11) is 0. The van der Waals surface area contributed by atoms with Crippen LogP contribution in [0.5, 0.6) is 0 Å². The smallest absolute Gasteiger partial charge is 0.223 e. The molecule has 0 aromatic carbocycles. The van der Waals surface area contributed by atoms with Gasteiger partial charge in [0, 0.05) is 23.4 Å². The minimum absolute atomic E-state index is 0.0532. The molecule has 1 fully saturated rings. The molecule has 1 aliphatic rings. The second kappa shape index (κ2) is 6.31. The Labute approximate surface area is 111 Å². The van der Waals surface area contributed by atoms with E-state index in [1.807, 2.05) is 11.4 Å². The normalized spacial score (nSPS) is 28.0. The fourth-order valence-electron chi connectivity index (χ4n) is 2.32. The highest BCUT2D eigenvalue weighted by Crippen LogP contribution is 2.23. The molecule has 3 atom stereocenters. The van der Waals surface area contributed by atoms with Gasteiger partial charge in [0.15, 0.2) is 0 Å². The fraction of sp³-hybridized carbons (Fsp3) is 0.615. The summed E-state index contributed by atoms with van der Waals surface area (Å²) in [5.41, 5.74) is 5.72. The van der Waals surface area contributed by atoms with Crippen molar-refractivity contribution < 1.29 is 9.90 Å². The van der Waals surface area contributed by atoms with Crippen LogP contribution in [-0.2, 0) is 11.2 Å². The molecule has 1 amide bonds. The minimum atomic E-state index is -0.535. The largest absolute Gasteiger partial charge is 0.391 e. The summed E-state index contributed by atoms with van der Waals surface area (Å²) < 4.78 is 0. The van der Waals surface area contributed by atoms with Gasteiger partial charge in [0.25, 0.3) is 0 Å². The van der Waals surface area contributed by atoms with E-state index in [9.17, 15) is 9.90 Å². The van der Waals surface area contributed by atoms with E-state index in [1.165, 1.54) is 4.88 Å². The van der Waals surface area contributed by atoms with Crippen molar-refractivity contribution in [2.24, 2.45) is 11.7 Å². The summed E-state index contributed by atoms with van der Waals surface area (Å²) in [6, 6.07) is 3.92. The van der Waals surface area contributed by atoms with Crippen molar-refractivity contribution in [1.82, 2.24) is 5.32 Å². The summed E-state index contributed by atoms with van der Waals surface area (Å²) in [6.07, 6.45) is 2.34. The molecule has 2 rings (SSSR count). The number of thiophene rings is 1. The average Bonchev–Trinajstić information content (AvgIpc) is 2.85. The molecule has 0 bridgehead atoms. The van der Waals surface area contributed by atoms with Crippen molar-refractivity contribution in [2.75, 3.05) is 6.54 Å². The summed E-state index contributed by atoms with van der Waals surface area (Å²) in [4.78, 5) is 13.2. The molecule has 1 saturated carbocycles. The van der Waals surface area contributed by atoms with Gasteiger partial charge in [-0.05, 0) is 37.1 Å². The maximum atomic E-state index is 11.9. The lowest BCUT2D eigenvalue weighted by Gasteiger charge is -2.29. The molecule has 1 aliphatic carbocycles. The van der Waals surface area contributed by atoms with Gasteiger partial charge in [-0.3, -0.25) is 4.79 Å². The molecule has 100 valence electrons. The number of nitrogens with two attached hydrogens (primary N) is 1. The Morgan fingerprint density at radius 2 is 2.39 bits per heavy atom. The van der Waals surface area contributed by atoms with Gasteiger partial charge in [-0.2, -0.15) is 0 Å². The van der Waals surface area contributed by atoms with Gasteiger partial charge in [-0.1, -0.05) is 6.07 Å². The standard InChI is InChI=1S/C13H20N2O2S/c14-11-4-3-9(8-12(11)16)13(17)15-6-5-10-2-1-7-18-10/h1-2,7,9,11-12,16H,3-6,8,14H2,(H,15,17)/t9-,11+,12+/m0/s1. The molecule has 1 aromatic rings. The van der Waals surface area contributed by atoms with E-state index in [0.717, 1.165) is 19.3 Å². The molecule has 0 spiro atoms. The first-order valence-corrected chi connectivity index (χ1v) is 7.28. The molecule has 1 heterocycles. The van der Waals surface area contributed by atoms with Gasteiger partial charge in [0.2, 0.25) is 5.91 Å². The molecular weight excluding hydrogens is 248 g/mol. The van der Waals surface area contributed by atoms with Crippen LogP contribution in [-0.4, -0.2) is 29.7 Å². The monoisotopic (exact) mass is 268 g/mol. The van der Waals surface area contributed by atoms with Crippen molar-refractivity contribution in [3.8, 4) is 0 Å². The first kappa shape index (κ1) is 13.5. The third-order valence-electron chi connectivity index (χ3n) is 3.49. The van der Waals surface area contributed by atoms with Crippen molar-refractivity contribution in [2.45, 2.75) is 37.8 Å². The van der Waals surface area contributed by atoms with Crippen LogP contribution in [0.4, 0.5) is 0 Å². The number of hydrogen-bond donors (Lipinski definition) is 3. The third kappa shape index (κ3) is 3.54. The average molecular weight is 268 g/mol. The number of rotatable bonds is 4. The Hall–Kier alpha value is -0.910. The summed E-state index contributed by atoms with van der Waals surface area (Å²) in [6.45, 7) is 0.665. The van der Waals surface area contributed by atoms with E-state index in [-0.39, 0.29) is 17.9 Å². The molecular formula is C13H20N2O2S. The number of carbonyl (C=O) groups is 1. The second-order valence-electron chi connectivity index (χ2n) is 4.86. The van der Waals surface area contributed by atoms with E-state index in [4.69, 9.17) is 5.73 Å². The predicted molar refractivity (Wildman–Crippen MR) is 72.4 cm³/mol. The molecule has 0 aliphatic heterocycles. The highest BCUT2D eigenvalue weighted by atomic mass is 32.1. The summed E-state index contributed by atoms with van der Waals surface area (Å²) in [5, 5.41) is 14.6. The van der Waals surface area contributed by atoms with Gasteiger partial charge in [-0.25, -0.2) is 0 Å². The second-order valence-corrected chi connectivity index (χ2v) is 5.89. The van der Waals surface area contributed by atoms with Crippen LogP contribution < -0.4 is 11.1 Å². The Morgan fingerprint density at radius 1 is 1.56 bits per heavy atom. The SMILES string of the molecule is N[C@@H]1CC[C@H](C(=O)NCCc2cccs2)C[C@H]1O. The van der Waals surface area contributed by atoms with E-state index < -0.39 is 6.10 Å².